The Hall–Kier alpha value is -3.68. The van der Waals surface area contributed by atoms with E-state index in [2.05, 4.69) is 44.0 Å². The number of ether oxygens (including phenoxy) is 2. The fraction of sp³-hybridized carbons (Fsp3) is 0.407. The Kier molecular flexibility index (Phi) is 5.83. The molecule has 8 nitrogen and oxygen atoms in total. The molecule has 0 saturated carbocycles. The van der Waals surface area contributed by atoms with Crippen molar-refractivity contribution in [1.82, 2.24) is 29.3 Å². The van der Waals surface area contributed by atoms with Gasteiger partial charge < -0.3 is 14.0 Å². The third-order valence-corrected chi connectivity index (χ3v) is 6.56. The number of rotatable bonds is 5. The number of aromatic nitrogens is 6. The monoisotopic (exact) mass is 472 g/mol. The maximum Gasteiger partial charge on any atom is 0.238 e. The highest BCUT2D eigenvalue weighted by molar-refractivity contribution is 5.56. The number of pyridine rings is 1. The van der Waals surface area contributed by atoms with Crippen molar-refractivity contribution in [2.75, 3.05) is 14.2 Å². The number of fused-ring (bicyclic) bond motifs is 1. The molecule has 0 saturated heterocycles. The summed E-state index contributed by atoms with van der Waals surface area (Å²) in [5.41, 5.74) is 4.77. The lowest BCUT2D eigenvalue weighted by Crippen LogP contribution is -2.20. The molecule has 1 atom stereocenters. The van der Waals surface area contributed by atoms with Crippen LogP contribution in [0, 0.1) is 6.92 Å². The Morgan fingerprint density at radius 1 is 1.03 bits per heavy atom. The van der Waals surface area contributed by atoms with Crippen LogP contribution < -0.4 is 9.47 Å². The second-order valence-electron chi connectivity index (χ2n) is 10.0. The molecule has 0 amide bonds. The van der Waals surface area contributed by atoms with Crippen molar-refractivity contribution < 1.29 is 9.47 Å². The predicted molar refractivity (Wildman–Crippen MR) is 134 cm³/mol. The van der Waals surface area contributed by atoms with Crippen LogP contribution in [0.2, 0.25) is 0 Å². The van der Waals surface area contributed by atoms with Crippen molar-refractivity contribution in [3.8, 4) is 28.8 Å². The van der Waals surface area contributed by atoms with E-state index in [0.717, 1.165) is 47.9 Å². The minimum absolute atomic E-state index is 0.0230. The summed E-state index contributed by atoms with van der Waals surface area (Å²) in [6.45, 7) is 9.42. The molecule has 1 aromatic carbocycles. The number of benzene rings is 1. The summed E-state index contributed by atoms with van der Waals surface area (Å²) >= 11 is 0. The van der Waals surface area contributed by atoms with Crippen LogP contribution in [0.1, 0.15) is 62.2 Å². The summed E-state index contributed by atoms with van der Waals surface area (Å²) in [6, 6.07) is 10.3. The van der Waals surface area contributed by atoms with Crippen LogP contribution >= 0.6 is 0 Å². The van der Waals surface area contributed by atoms with Gasteiger partial charge in [-0.1, -0.05) is 39.0 Å². The maximum absolute atomic E-state index is 5.96. The Balaban J connectivity index is 1.55. The average molecular weight is 473 g/mol. The number of hydrogen-bond donors (Lipinski definition) is 0. The molecule has 0 radical (unpaired) electrons. The second kappa shape index (κ2) is 8.83. The Labute approximate surface area is 206 Å². The SMILES string of the molecule is COc1nc(-c2nc3n(n2)CCCC3c2cccc(C(C)(C)C)c2OC)ccc1-n1cnc(C)c1. The normalized spacial score (nSPS) is 15.7. The van der Waals surface area contributed by atoms with E-state index < -0.39 is 0 Å². The molecule has 0 fully saturated rings. The van der Waals surface area contributed by atoms with Crippen molar-refractivity contribution in [1.29, 1.82) is 0 Å². The second-order valence-corrected chi connectivity index (χ2v) is 10.0. The van der Waals surface area contributed by atoms with Crippen molar-refractivity contribution in [2.24, 2.45) is 0 Å². The van der Waals surface area contributed by atoms with Crippen LogP contribution in [0.25, 0.3) is 17.2 Å². The molecule has 4 aromatic rings. The molecule has 1 unspecified atom stereocenters. The van der Waals surface area contributed by atoms with E-state index in [1.54, 1.807) is 20.5 Å². The highest BCUT2D eigenvalue weighted by Gasteiger charge is 2.31. The van der Waals surface area contributed by atoms with Gasteiger partial charge in [0.05, 0.1) is 26.2 Å². The van der Waals surface area contributed by atoms with Gasteiger partial charge in [0.25, 0.3) is 0 Å². The number of nitrogens with zero attached hydrogens (tertiary/aromatic N) is 6. The number of para-hydroxylation sites is 1. The van der Waals surface area contributed by atoms with Gasteiger partial charge in [0.1, 0.15) is 23.0 Å². The summed E-state index contributed by atoms with van der Waals surface area (Å²) in [7, 11) is 3.38. The summed E-state index contributed by atoms with van der Waals surface area (Å²) in [5.74, 6) is 3.11. The van der Waals surface area contributed by atoms with Crippen LogP contribution in [-0.2, 0) is 12.0 Å². The van der Waals surface area contributed by atoms with Crippen molar-refractivity contribution >= 4 is 0 Å². The highest BCUT2D eigenvalue weighted by atomic mass is 16.5. The zero-order valence-electron chi connectivity index (χ0n) is 21.2. The van der Waals surface area contributed by atoms with E-state index in [1.165, 1.54) is 5.56 Å². The Bertz CT molecular complexity index is 1360. The van der Waals surface area contributed by atoms with Crippen molar-refractivity contribution in [2.45, 2.75) is 58.4 Å². The smallest absolute Gasteiger partial charge is 0.238 e. The van der Waals surface area contributed by atoms with Gasteiger partial charge in [-0.3, -0.25) is 0 Å². The molecule has 182 valence electrons. The van der Waals surface area contributed by atoms with Crippen LogP contribution in [0.5, 0.6) is 11.6 Å². The van der Waals surface area contributed by atoms with Gasteiger partial charge in [0.2, 0.25) is 5.88 Å². The first-order valence-corrected chi connectivity index (χ1v) is 12.0. The van der Waals surface area contributed by atoms with Crippen LogP contribution in [-0.4, -0.2) is 43.5 Å². The number of hydrogen-bond acceptors (Lipinski definition) is 6. The first-order valence-electron chi connectivity index (χ1n) is 12.0. The summed E-state index contributed by atoms with van der Waals surface area (Å²) in [4.78, 5) is 14.0. The average Bonchev–Trinajstić information content (AvgIpc) is 3.48. The Morgan fingerprint density at radius 2 is 1.86 bits per heavy atom. The molecular weight excluding hydrogens is 440 g/mol. The molecule has 0 aliphatic carbocycles. The first kappa shape index (κ1) is 23.1. The molecule has 8 heteroatoms. The van der Waals surface area contributed by atoms with E-state index >= 15 is 0 Å². The zero-order valence-corrected chi connectivity index (χ0v) is 21.2. The van der Waals surface area contributed by atoms with Crippen LogP contribution in [0.4, 0.5) is 0 Å². The molecule has 0 N–H and O–H groups in total. The lowest BCUT2D eigenvalue weighted by molar-refractivity contribution is 0.380. The fourth-order valence-corrected chi connectivity index (χ4v) is 4.86. The van der Waals surface area contributed by atoms with Gasteiger partial charge in [0, 0.05) is 24.2 Å². The molecule has 0 spiro atoms. The van der Waals surface area contributed by atoms with Gasteiger partial charge in [-0.15, -0.1) is 5.10 Å². The fourth-order valence-electron chi connectivity index (χ4n) is 4.86. The Morgan fingerprint density at radius 3 is 2.54 bits per heavy atom. The topological polar surface area (TPSA) is 79.9 Å². The summed E-state index contributed by atoms with van der Waals surface area (Å²) < 4.78 is 15.5. The highest BCUT2D eigenvalue weighted by Crippen LogP contribution is 2.42. The molecule has 5 rings (SSSR count). The summed E-state index contributed by atoms with van der Waals surface area (Å²) in [6.07, 6.45) is 5.72. The van der Waals surface area contributed by atoms with E-state index in [4.69, 9.17) is 24.5 Å². The van der Waals surface area contributed by atoms with E-state index in [9.17, 15) is 0 Å². The van der Waals surface area contributed by atoms with Gasteiger partial charge in [0.15, 0.2) is 5.82 Å². The predicted octanol–water partition coefficient (Wildman–Crippen LogP) is 5.07. The largest absolute Gasteiger partial charge is 0.496 e. The third kappa shape index (κ3) is 4.17. The molecule has 0 bridgehead atoms. The van der Waals surface area contributed by atoms with Crippen LogP contribution in [0.3, 0.4) is 0 Å². The maximum atomic E-state index is 5.96. The quantitative estimate of drug-likeness (QED) is 0.403. The molecule has 1 aliphatic rings. The van der Waals surface area contributed by atoms with E-state index in [1.807, 2.05) is 34.5 Å². The van der Waals surface area contributed by atoms with Crippen molar-refractivity contribution in [3.63, 3.8) is 0 Å². The molecular formula is C27H32N6O2. The minimum Gasteiger partial charge on any atom is -0.496 e. The third-order valence-electron chi connectivity index (χ3n) is 6.56. The lowest BCUT2D eigenvalue weighted by atomic mass is 9.82. The van der Waals surface area contributed by atoms with Gasteiger partial charge in [-0.05, 0) is 42.9 Å². The summed E-state index contributed by atoms with van der Waals surface area (Å²) in [5, 5.41) is 4.83. The molecule has 1 aliphatic heterocycles. The number of aryl methyl sites for hydroxylation is 2. The number of methoxy groups -OCH3 is 2. The molecule has 35 heavy (non-hydrogen) atoms. The van der Waals surface area contributed by atoms with Gasteiger partial charge >= 0.3 is 0 Å². The van der Waals surface area contributed by atoms with E-state index in [0.29, 0.717) is 17.4 Å². The van der Waals surface area contributed by atoms with Gasteiger partial charge in [-0.2, -0.15) is 0 Å². The molecule has 4 heterocycles. The number of imidazole rings is 1. The lowest BCUT2D eigenvalue weighted by Gasteiger charge is -2.28. The van der Waals surface area contributed by atoms with Gasteiger partial charge in [-0.25, -0.2) is 19.6 Å². The minimum atomic E-state index is -0.0230. The first-order chi connectivity index (χ1) is 16.8. The van der Waals surface area contributed by atoms with Crippen molar-refractivity contribution in [3.05, 3.63) is 65.5 Å². The molecule has 3 aromatic heterocycles. The standard InChI is InChI=1S/C27H32N6O2/c1-17-15-32(16-28-17)22-13-12-21(29-26(22)35-6)24-30-25-19(10-8-14-33(25)31-24)18-9-7-11-20(23(18)34-5)27(2,3)4/h7,9,11-13,15-16,19H,8,10,14H2,1-6H3. The van der Waals surface area contributed by atoms with Crippen LogP contribution in [0.15, 0.2) is 42.9 Å². The zero-order chi connectivity index (χ0) is 24.7. The van der Waals surface area contributed by atoms with E-state index in [-0.39, 0.29) is 11.3 Å².